The molecule has 0 atom stereocenters. The predicted molar refractivity (Wildman–Crippen MR) is 68.3 cm³/mol. The lowest BCUT2D eigenvalue weighted by Crippen LogP contribution is -2.30. The third kappa shape index (κ3) is 2.17. The van der Waals surface area contributed by atoms with E-state index in [-0.39, 0.29) is 11.6 Å². The van der Waals surface area contributed by atoms with Crippen LogP contribution in [0.5, 0.6) is 0 Å². The summed E-state index contributed by atoms with van der Waals surface area (Å²) in [4.78, 5) is 14.3. The molecule has 0 N–H and O–H groups in total. The van der Waals surface area contributed by atoms with Gasteiger partial charge in [0.2, 0.25) is 0 Å². The van der Waals surface area contributed by atoms with Crippen molar-refractivity contribution < 1.29 is 9.18 Å². The number of carbonyl (C=O) groups excluding carboxylic acids is 1. The van der Waals surface area contributed by atoms with Gasteiger partial charge in [-0.05, 0) is 42.5 Å². The van der Waals surface area contributed by atoms with E-state index < -0.39 is 0 Å². The Kier molecular flexibility index (Phi) is 2.90. The fraction of sp³-hybridized carbons (Fsp3) is 0.400. The molecule has 0 unspecified atom stereocenters. The Labute approximate surface area is 106 Å². The summed E-state index contributed by atoms with van der Waals surface area (Å²) in [6, 6.07) is 6.29. The Bertz CT molecular complexity index is 484. The summed E-state index contributed by atoms with van der Waals surface area (Å²) in [7, 11) is 0. The maximum absolute atomic E-state index is 12.9. The van der Waals surface area contributed by atoms with E-state index >= 15 is 0 Å². The molecule has 3 aliphatic rings. The van der Waals surface area contributed by atoms with Crippen molar-refractivity contribution in [2.24, 2.45) is 5.92 Å². The molecule has 18 heavy (non-hydrogen) atoms. The van der Waals surface area contributed by atoms with Gasteiger partial charge < -0.3 is 4.90 Å². The average Bonchev–Trinajstić information content (AvgIpc) is 2.61. The van der Waals surface area contributed by atoms with Crippen LogP contribution in [-0.4, -0.2) is 23.8 Å². The van der Waals surface area contributed by atoms with Crippen LogP contribution in [-0.2, 0) is 4.79 Å². The first-order chi connectivity index (χ1) is 8.72. The lowest BCUT2D eigenvalue weighted by molar-refractivity contribution is -0.116. The Hall–Kier alpha value is -1.64. The summed E-state index contributed by atoms with van der Waals surface area (Å²) in [5.41, 5.74) is 1.70. The van der Waals surface area contributed by atoms with Crippen LogP contribution in [0.1, 0.15) is 24.8 Å². The van der Waals surface area contributed by atoms with Crippen LogP contribution < -0.4 is 0 Å². The lowest BCUT2D eigenvalue weighted by atomic mass is 9.95. The molecule has 0 aliphatic carbocycles. The number of ketones is 1. The van der Waals surface area contributed by atoms with E-state index in [9.17, 15) is 9.18 Å². The van der Waals surface area contributed by atoms with Crippen LogP contribution in [0.25, 0.3) is 6.08 Å². The van der Waals surface area contributed by atoms with Gasteiger partial charge in [-0.2, -0.15) is 0 Å². The van der Waals surface area contributed by atoms with Crippen LogP contribution in [0.3, 0.4) is 0 Å². The van der Waals surface area contributed by atoms with Crippen molar-refractivity contribution in [3.8, 4) is 0 Å². The molecule has 3 aliphatic heterocycles. The van der Waals surface area contributed by atoms with Crippen molar-refractivity contribution in [1.82, 2.24) is 4.90 Å². The number of Topliss-reactive ketones (excluding diaryl/α,β-unsaturated/α-hetero) is 1. The van der Waals surface area contributed by atoms with Gasteiger partial charge in [0, 0.05) is 19.5 Å². The average molecular weight is 245 g/mol. The number of carbonyl (C=O) groups is 1. The minimum absolute atomic E-state index is 0.235. The number of piperidine rings is 1. The minimum Gasteiger partial charge on any atom is -0.369 e. The quantitative estimate of drug-likeness (QED) is 0.709. The molecule has 0 spiro atoms. The number of nitrogens with zero attached hydrogens (tertiary/aromatic N) is 1. The minimum atomic E-state index is -0.245. The highest BCUT2D eigenvalue weighted by Crippen LogP contribution is 2.30. The van der Waals surface area contributed by atoms with Gasteiger partial charge in [0.15, 0.2) is 5.78 Å². The van der Waals surface area contributed by atoms with E-state index in [2.05, 4.69) is 4.90 Å². The molecular formula is C15H16FNO. The number of rotatable bonds is 1. The molecule has 0 saturated carbocycles. The van der Waals surface area contributed by atoms with Gasteiger partial charge >= 0.3 is 0 Å². The first-order valence-corrected chi connectivity index (χ1v) is 6.48. The zero-order valence-corrected chi connectivity index (χ0v) is 10.2. The molecule has 2 nitrogen and oxygen atoms in total. The standard InChI is InChI=1S/C15H16FNO/c16-13-3-1-11(2-4-13)9-14-15(18)10-12-5-7-17(14)8-6-12/h1-4,9,12H,5-8,10H2. The second kappa shape index (κ2) is 4.56. The Morgan fingerprint density at radius 3 is 2.50 bits per heavy atom. The first-order valence-electron chi connectivity index (χ1n) is 6.48. The van der Waals surface area contributed by atoms with E-state index in [1.165, 1.54) is 12.1 Å². The summed E-state index contributed by atoms with van der Waals surface area (Å²) in [5, 5.41) is 0. The number of hydrogen-bond donors (Lipinski definition) is 0. The zero-order valence-electron chi connectivity index (χ0n) is 10.2. The molecule has 4 rings (SSSR count). The van der Waals surface area contributed by atoms with Gasteiger partial charge in [0.25, 0.3) is 0 Å². The third-order valence-electron chi connectivity index (χ3n) is 3.89. The highest BCUT2D eigenvalue weighted by molar-refractivity contribution is 5.99. The molecule has 1 aromatic carbocycles. The van der Waals surface area contributed by atoms with Gasteiger partial charge in [0.05, 0.1) is 5.70 Å². The molecule has 1 aromatic rings. The summed E-state index contributed by atoms with van der Waals surface area (Å²) in [6.07, 6.45) is 4.80. The fourth-order valence-corrected chi connectivity index (χ4v) is 2.81. The van der Waals surface area contributed by atoms with Gasteiger partial charge in [-0.25, -0.2) is 4.39 Å². The number of hydrogen-bond acceptors (Lipinski definition) is 2. The first kappa shape index (κ1) is 11.5. The normalized spacial score (nSPS) is 22.6. The number of fused-ring (bicyclic) bond motifs is 4. The van der Waals surface area contributed by atoms with E-state index in [0.717, 1.165) is 37.2 Å². The van der Waals surface area contributed by atoms with Gasteiger partial charge in [-0.1, -0.05) is 12.1 Å². The van der Waals surface area contributed by atoms with Crippen molar-refractivity contribution in [2.45, 2.75) is 19.3 Å². The maximum atomic E-state index is 12.9. The van der Waals surface area contributed by atoms with Gasteiger partial charge in [0.1, 0.15) is 5.82 Å². The smallest absolute Gasteiger partial charge is 0.179 e. The van der Waals surface area contributed by atoms with Crippen LogP contribution in [0.2, 0.25) is 0 Å². The van der Waals surface area contributed by atoms with Gasteiger partial charge in [-0.3, -0.25) is 4.79 Å². The highest BCUT2D eigenvalue weighted by atomic mass is 19.1. The van der Waals surface area contributed by atoms with Crippen LogP contribution in [0, 0.1) is 11.7 Å². The zero-order chi connectivity index (χ0) is 12.5. The highest BCUT2D eigenvalue weighted by Gasteiger charge is 2.30. The fourth-order valence-electron chi connectivity index (χ4n) is 2.81. The molecule has 0 aromatic heterocycles. The van der Waals surface area contributed by atoms with Crippen molar-refractivity contribution >= 4 is 11.9 Å². The van der Waals surface area contributed by atoms with E-state index in [1.54, 1.807) is 12.1 Å². The molecule has 94 valence electrons. The second-order valence-electron chi connectivity index (χ2n) is 5.14. The molecule has 3 saturated heterocycles. The number of allylic oxidation sites excluding steroid dienone is 1. The molecule has 0 amide bonds. The second-order valence-corrected chi connectivity index (χ2v) is 5.14. The summed E-state index contributed by atoms with van der Waals surface area (Å²) in [5.74, 6) is 0.553. The van der Waals surface area contributed by atoms with Crippen molar-refractivity contribution in [1.29, 1.82) is 0 Å². The number of halogens is 1. The largest absolute Gasteiger partial charge is 0.369 e. The monoisotopic (exact) mass is 245 g/mol. The Morgan fingerprint density at radius 1 is 1.17 bits per heavy atom. The van der Waals surface area contributed by atoms with Crippen LogP contribution >= 0.6 is 0 Å². The van der Waals surface area contributed by atoms with E-state index in [4.69, 9.17) is 0 Å². The van der Waals surface area contributed by atoms with E-state index in [0.29, 0.717) is 12.3 Å². The van der Waals surface area contributed by atoms with Crippen LogP contribution in [0.15, 0.2) is 30.0 Å². The molecule has 3 heterocycles. The maximum Gasteiger partial charge on any atom is 0.179 e. The van der Waals surface area contributed by atoms with Gasteiger partial charge in [-0.15, -0.1) is 0 Å². The topological polar surface area (TPSA) is 20.3 Å². The van der Waals surface area contributed by atoms with Crippen molar-refractivity contribution in [3.63, 3.8) is 0 Å². The predicted octanol–water partition coefficient (Wildman–Crippen LogP) is 2.85. The molecule has 2 bridgehead atoms. The van der Waals surface area contributed by atoms with E-state index in [1.807, 2.05) is 6.08 Å². The Balaban J connectivity index is 1.93. The lowest BCUT2D eigenvalue weighted by Gasteiger charge is -2.28. The summed E-state index contributed by atoms with van der Waals surface area (Å²) >= 11 is 0. The number of benzene rings is 1. The van der Waals surface area contributed by atoms with Crippen molar-refractivity contribution in [3.05, 3.63) is 41.3 Å². The van der Waals surface area contributed by atoms with Crippen molar-refractivity contribution in [2.75, 3.05) is 13.1 Å². The Morgan fingerprint density at radius 2 is 1.83 bits per heavy atom. The summed E-state index contributed by atoms with van der Waals surface area (Å²) < 4.78 is 12.9. The SMILES string of the molecule is O=C1CC2CCN(CC2)C1=Cc1ccc(F)cc1. The molecule has 3 fully saturated rings. The molecule has 0 radical (unpaired) electrons. The van der Waals surface area contributed by atoms with Crippen LogP contribution in [0.4, 0.5) is 4.39 Å². The summed E-state index contributed by atoms with van der Waals surface area (Å²) in [6.45, 7) is 1.95. The molecular weight excluding hydrogens is 229 g/mol. The third-order valence-corrected chi connectivity index (χ3v) is 3.89. The molecule has 3 heteroatoms.